The van der Waals surface area contributed by atoms with E-state index in [0.717, 1.165) is 148 Å². The van der Waals surface area contributed by atoms with E-state index in [1.54, 1.807) is 6.07 Å². The number of carbonyl (C=O) groups excluding carboxylic acids is 4. The zero-order valence-corrected chi connectivity index (χ0v) is 59.1. The summed E-state index contributed by atoms with van der Waals surface area (Å²) in [6.45, 7) is 0.807. The van der Waals surface area contributed by atoms with Gasteiger partial charge in [0.05, 0.1) is 16.2 Å². The fraction of sp³-hybridized carbons (Fsp3) is 0.373. The minimum absolute atomic E-state index is 0.0129. The normalized spacial score (nSPS) is 28.0. The predicted octanol–water partition coefficient (Wildman–Crippen LogP) is 12.8. The third kappa shape index (κ3) is 13.2. The Labute approximate surface area is 607 Å². The first-order valence-electron chi connectivity index (χ1n) is 36.1. The molecular formula is C83H95Cl2FN12O4. The molecule has 16 nitrogen and oxygen atoms in total. The Balaban J connectivity index is 0.000000121. The molecule has 0 bridgehead atoms. The van der Waals surface area contributed by atoms with Crippen LogP contribution in [0, 0.1) is 45.7 Å². The number of fused-ring (bicyclic) bond motifs is 4. The molecule has 532 valence electrons. The molecule has 0 radical (unpaired) electrons. The molecule has 8 aliphatic rings. The third-order valence-corrected chi connectivity index (χ3v) is 25.3. The lowest BCUT2D eigenvalue weighted by molar-refractivity contribution is -0.143. The lowest BCUT2D eigenvalue weighted by Crippen LogP contribution is -2.69. The number of hydrogen-bond donors (Lipinski definition) is 11. The number of primary amides is 4. The van der Waals surface area contributed by atoms with E-state index in [4.69, 9.17) is 69.1 Å². The van der Waals surface area contributed by atoms with Gasteiger partial charge in [-0.2, -0.15) is 0 Å². The number of nitrogens with two attached hydrogens (primary N) is 8. The smallest absolute Gasteiger partial charge is 0.243 e. The van der Waals surface area contributed by atoms with Gasteiger partial charge in [0.15, 0.2) is 0 Å². The molecule has 4 aliphatic carbocycles. The Kier molecular flexibility index (Phi) is 21.0. The Morgan fingerprint density at radius 1 is 0.382 bits per heavy atom. The number of rotatable bonds is 16. The maximum atomic E-state index is 13.6. The van der Waals surface area contributed by atoms with Crippen molar-refractivity contribution in [3.05, 3.63) is 261 Å². The average Bonchev–Trinajstić information content (AvgIpc) is 1.31. The van der Waals surface area contributed by atoms with Crippen molar-refractivity contribution in [3.63, 3.8) is 0 Å². The summed E-state index contributed by atoms with van der Waals surface area (Å²) in [5.41, 5.74) is 60.6. The van der Waals surface area contributed by atoms with Crippen LogP contribution in [0.15, 0.2) is 200 Å². The van der Waals surface area contributed by atoms with Crippen LogP contribution in [0.3, 0.4) is 0 Å². The molecule has 4 aliphatic heterocycles. The molecule has 102 heavy (non-hydrogen) atoms. The first-order valence-corrected chi connectivity index (χ1v) is 36.9. The summed E-state index contributed by atoms with van der Waals surface area (Å²) in [7, 11) is 0. The summed E-state index contributed by atoms with van der Waals surface area (Å²) in [5, 5.41) is 12.0. The standard InChI is InChI=1S/C21H24ClN3O.C21H24FN3O.C21H25N3O.C20H22ClN3O/c2*22-15-6-3-5-14(12-15)19(23)16-10-11-21(16,20(24)26)18-9-8-13-4-1-2-7-17(13)25-18;22-19(15-7-2-1-3-8-15)16-12-13-21(16,20(23)25)18-11-10-14-6-4-5-9-17(14)24-18;21-15-6-3-5-14(12-15)18(22)16-8-10-20(16,19(23)25)24-11-9-13-4-1-2-7-17(13)24/h2*1-7,12,16,18-19,25H,8-11,23H2,(H2,24,26);1-9,16,18-19,24H,10-13,22H2,(H2,23,25);1-7,12,16,18H,8-11,22H2,(H2,23,25)/t3*16-,18-,19?,21-;16-,18?,20+/m1111/s1. The van der Waals surface area contributed by atoms with Gasteiger partial charge in [0.2, 0.25) is 23.6 Å². The molecule has 4 unspecified atom stereocenters. The minimum atomic E-state index is -0.714. The molecular weight excluding hydrogens is 1320 g/mol. The summed E-state index contributed by atoms with van der Waals surface area (Å²) in [5.74, 6) is -1.38. The van der Waals surface area contributed by atoms with Gasteiger partial charge in [-0.05, 0) is 219 Å². The average molecular weight is 1410 g/mol. The molecule has 0 spiro atoms. The van der Waals surface area contributed by atoms with Crippen LogP contribution in [0.2, 0.25) is 10.0 Å². The van der Waals surface area contributed by atoms with Gasteiger partial charge in [-0.15, -0.1) is 0 Å². The number of aryl methyl sites for hydroxylation is 3. The maximum absolute atomic E-state index is 13.6. The highest BCUT2D eigenvalue weighted by atomic mass is 35.5. The fourth-order valence-corrected chi connectivity index (χ4v) is 19.3. The van der Waals surface area contributed by atoms with Gasteiger partial charge in [-0.1, -0.05) is 163 Å². The topological polar surface area (TPSA) is 316 Å². The van der Waals surface area contributed by atoms with Crippen molar-refractivity contribution in [1.82, 2.24) is 0 Å². The van der Waals surface area contributed by atoms with Crippen LogP contribution >= 0.6 is 23.2 Å². The number of benzene rings is 8. The minimum Gasteiger partial charge on any atom is -0.381 e. The number of amides is 4. The number of halogens is 3. The molecule has 4 saturated carbocycles. The van der Waals surface area contributed by atoms with Crippen molar-refractivity contribution in [2.24, 2.45) is 85.8 Å². The number of anilines is 4. The zero-order valence-electron chi connectivity index (χ0n) is 57.6. The van der Waals surface area contributed by atoms with Crippen LogP contribution in [0.4, 0.5) is 27.1 Å². The number of carbonyl (C=O) groups is 4. The van der Waals surface area contributed by atoms with Crippen molar-refractivity contribution in [2.45, 2.75) is 144 Å². The van der Waals surface area contributed by atoms with Crippen molar-refractivity contribution in [1.29, 1.82) is 0 Å². The number of nitrogens with zero attached hydrogens (tertiary/aromatic N) is 1. The Morgan fingerprint density at radius 3 is 1.11 bits per heavy atom. The molecule has 0 saturated heterocycles. The predicted molar refractivity (Wildman–Crippen MR) is 405 cm³/mol. The second kappa shape index (κ2) is 29.9. The highest BCUT2D eigenvalue weighted by molar-refractivity contribution is 6.31. The number of nitrogens with one attached hydrogen (secondary N) is 3. The summed E-state index contributed by atoms with van der Waals surface area (Å²) in [4.78, 5) is 52.6. The molecule has 19 N–H and O–H groups in total. The van der Waals surface area contributed by atoms with Crippen LogP contribution in [0.1, 0.15) is 139 Å². The van der Waals surface area contributed by atoms with Gasteiger partial charge in [0.1, 0.15) is 11.4 Å². The second-order valence-corrected chi connectivity index (χ2v) is 30.3. The molecule has 8 aromatic carbocycles. The molecule has 19 heteroatoms. The Hall–Kier alpha value is -8.81. The van der Waals surface area contributed by atoms with Crippen molar-refractivity contribution in [2.75, 3.05) is 27.4 Å². The number of hydrogen-bond acceptors (Lipinski definition) is 12. The van der Waals surface area contributed by atoms with E-state index < -0.39 is 27.8 Å². The van der Waals surface area contributed by atoms with E-state index >= 15 is 0 Å². The zero-order chi connectivity index (χ0) is 71.7. The fourth-order valence-electron chi connectivity index (χ4n) is 18.9. The molecule has 4 amide bonds. The maximum Gasteiger partial charge on any atom is 0.243 e. The van der Waals surface area contributed by atoms with Crippen LogP contribution in [0.5, 0.6) is 0 Å². The monoisotopic (exact) mass is 1410 g/mol. The largest absolute Gasteiger partial charge is 0.381 e. The van der Waals surface area contributed by atoms with Crippen LogP contribution in [-0.2, 0) is 44.9 Å². The van der Waals surface area contributed by atoms with E-state index in [1.807, 2.05) is 133 Å². The molecule has 4 fully saturated rings. The Morgan fingerprint density at radius 2 is 0.735 bits per heavy atom. The second-order valence-electron chi connectivity index (χ2n) is 29.5. The SMILES string of the molecule is NC(=O)[C@]1(N2CCc3ccccc32)CC[C@@H]1C(N)c1cccc(Cl)c1.NC(=O)[C@]1([C@H]2CCc3ccccc3N2)CC[C@@H]1C(N)c1cccc(Cl)c1.NC(=O)[C@]1([C@H]2CCc3ccccc3N2)CC[C@@H]1C(N)c1cccc(F)c1.NC(=O)[C@]1([C@H]2CCc3ccccc3N2)CC[C@@H]1C(N)c1ccccc1. The molecule has 8 aromatic rings. The molecule has 15 atom stereocenters. The summed E-state index contributed by atoms with van der Waals surface area (Å²) >= 11 is 12.3. The van der Waals surface area contributed by atoms with E-state index in [1.165, 1.54) is 34.4 Å². The lowest BCUT2D eigenvalue weighted by Gasteiger charge is -2.55. The molecule has 4 heterocycles. The van der Waals surface area contributed by atoms with Crippen LogP contribution in [-0.4, -0.2) is 53.8 Å². The van der Waals surface area contributed by atoms with Gasteiger partial charge >= 0.3 is 0 Å². The summed E-state index contributed by atoms with van der Waals surface area (Å²) in [6, 6.07) is 63.5. The van der Waals surface area contributed by atoms with Gasteiger partial charge < -0.3 is 66.7 Å². The van der Waals surface area contributed by atoms with Gasteiger partial charge in [0.25, 0.3) is 0 Å². The third-order valence-electron chi connectivity index (χ3n) is 24.8. The summed E-state index contributed by atoms with van der Waals surface area (Å²) < 4.78 is 13.6. The van der Waals surface area contributed by atoms with Crippen LogP contribution < -0.4 is 66.7 Å². The molecule has 0 aromatic heterocycles. The van der Waals surface area contributed by atoms with E-state index in [2.05, 4.69) is 69.4 Å². The first-order chi connectivity index (χ1) is 49.2. The lowest BCUT2D eigenvalue weighted by atomic mass is 9.52. The van der Waals surface area contributed by atoms with Gasteiger partial charge in [-0.3, -0.25) is 19.2 Å². The molecule has 16 rings (SSSR count). The quantitative estimate of drug-likeness (QED) is 0.0430. The van der Waals surface area contributed by atoms with E-state index in [0.29, 0.717) is 10.0 Å². The van der Waals surface area contributed by atoms with Crippen LogP contribution in [0.25, 0.3) is 0 Å². The van der Waals surface area contributed by atoms with Gasteiger partial charge in [-0.25, -0.2) is 4.39 Å². The first kappa shape index (κ1) is 71.6. The highest BCUT2D eigenvalue weighted by Gasteiger charge is 2.62. The highest BCUT2D eigenvalue weighted by Crippen LogP contribution is 2.60. The summed E-state index contributed by atoms with van der Waals surface area (Å²) in [6.07, 6.45) is 13.0. The number of para-hydroxylation sites is 4. The van der Waals surface area contributed by atoms with Crippen molar-refractivity contribution < 1.29 is 23.6 Å². The van der Waals surface area contributed by atoms with Gasteiger partial charge in [0, 0.05) is 87.6 Å². The Bertz CT molecular complexity index is 4240. The van der Waals surface area contributed by atoms with E-state index in [9.17, 15) is 23.6 Å². The van der Waals surface area contributed by atoms with Crippen molar-refractivity contribution in [3.8, 4) is 0 Å². The van der Waals surface area contributed by atoms with E-state index in [-0.39, 0.29) is 89.4 Å². The van der Waals surface area contributed by atoms with Crippen molar-refractivity contribution >= 4 is 69.6 Å².